The van der Waals surface area contributed by atoms with E-state index in [1.54, 1.807) is 29.8 Å². The molecular weight excluding hydrogens is 580 g/mol. The number of nitrogens with zero attached hydrogens (tertiary/aromatic N) is 6. The van der Waals surface area contributed by atoms with Gasteiger partial charge >= 0.3 is 0 Å². The van der Waals surface area contributed by atoms with Gasteiger partial charge in [0.15, 0.2) is 5.65 Å². The van der Waals surface area contributed by atoms with Crippen LogP contribution in [0.4, 0.5) is 11.4 Å². The summed E-state index contributed by atoms with van der Waals surface area (Å²) in [5.74, 6) is 0.0504. The fourth-order valence-electron chi connectivity index (χ4n) is 6.29. The maximum Gasteiger partial charge on any atom is 0.283 e. The standard InChI is InChI=1S/C33H33ClN6O4/c1-7-25(41)38-14-15-39-23(17-38)32(42)37(5)30-29(39)21-16-22(34)27(20-10-8-9-11-24(20)44-6)36-31(21)40(33(30)43)28-19(4)12-13-35-26(28)18(2)3/h7-13,16,18,23H,1,14-15,17H2,2-6H3/t23-/m1/s1. The number of hydrogen-bond acceptors (Lipinski definition) is 7. The number of aryl methyl sites for hydroxylation is 1. The number of likely N-dealkylation sites (N-methyl/N-ethyl adjacent to an activating group) is 1. The zero-order chi connectivity index (χ0) is 31.4. The highest BCUT2D eigenvalue weighted by molar-refractivity contribution is 6.34. The first-order valence-electron chi connectivity index (χ1n) is 14.4. The normalized spacial score (nSPS) is 16.3. The van der Waals surface area contributed by atoms with Gasteiger partial charge in [0.1, 0.15) is 17.5 Å². The molecule has 0 N–H and O–H groups in total. The molecule has 0 bridgehead atoms. The summed E-state index contributed by atoms with van der Waals surface area (Å²) < 4.78 is 7.20. The lowest BCUT2D eigenvalue weighted by Gasteiger charge is -2.47. The number of ether oxygens (including phenoxy) is 1. The van der Waals surface area contributed by atoms with E-state index in [1.165, 1.54) is 11.0 Å². The smallest absolute Gasteiger partial charge is 0.283 e. The maximum atomic E-state index is 14.8. The Morgan fingerprint density at radius 2 is 1.89 bits per heavy atom. The van der Waals surface area contributed by atoms with E-state index in [9.17, 15) is 14.4 Å². The van der Waals surface area contributed by atoms with Crippen LogP contribution in [-0.2, 0) is 9.59 Å². The molecule has 6 rings (SSSR count). The molecule has 1 atom stereocenters. The fourth-order valence-corrected chi connectivity index (χ4v) is 6.55. The summed E-state index contributed by atoms with van der Waals surface area (Å²) in [6.45, 7) is 10.4. The molecule has 11 heteroatoms. The van der Waals surface area contributed by atoms with E-state index in [0.717, 1.165) is 11.3 Å². The quantitative estimate of drug-likeness (QED) is 0.301. The van der Waals surface area contributed by atoms with Gasteiger partial charge in [-0.15, -0.1) is 0 Å². The fraction of sp³-hybridized carbons (Fsp3) is 0.303. The topological polar surface area (TPSA) is 101 Å². The number of piperazine rings is 1. The zero-order valence-electron chi connectivity index (χ0n) is 25.3. The molecule has 10 nitrogen and oxygen atoms in total. The van der Waals surface area contributed by atoms with Gasteiger partial charge in [0.2, 0.25) is 5.91 Å². The lowest BCUT2D eigenvalue weighted by molar-refractivity contribution is -0.128. The third kappa shape index (κ3) is 4.43. The molecule has 44 heavy (non-hydrogen) atoms. The van der Waals surface area contributed by atoms with E-state index in [0.29, 0.717) is 57.5 Å². The number of carbonyl (C=O) groups excluding carboxylic acids is 2. The van der Waals surface area contributed by atoms with Crippen LogP contribution in [-0.4, -0.2) is 71.1 Å². The minimum absolute atomic E-state index is 0.0110. The molecule has 5 heterocycles. The van der Waals surface area contributed by atoms with Crippen molar-refractivity contribution in [2.75, 3.05) is 43.6 Å². The van der Waals surface area contributed by atoms with Crippen LogP contribution in [0.2, 0.25) is 5.02 Å². The van der Waals surface area contributed by atoms with Crippen LogP contribution in [0, 0.1) is 6.92 Å². The average molecular weight is 613 g/mol. The first-order chi connectivity index (χ1) is 21.1. The second-order valence-corrected chi connectivity index (χ2v) is 11.7. The van der Waals surface area contributed by atoms with E-state index >= 15 is 0 Å². The molecular formula is C33H33ClN6O4. The van der Waals surface area contributed by atoms with Crippen molar-refractivity contribution in [2.45, 2.75) is 32.7 Å². The first-order valence-corrected chi connectivity index (χ1v) is 14.8. The van der Waals surface area contributed by atoms with E-state index < -0.39 is 11.6 Å². The molecule has 2 aliphatic heterocycles. The lowest BCUT2D eigenvalue weighted by atomic mass is 9.99. The number of halogens is 1. The van der Waals surface area contributed by atoms with Crippen LogP contribution >= 0.6 is 11.6 Å². The van der Waals surface area contributed by atoms with Gasteiger partial charge in [-0.25, -0.2) is 4.98 Å². The third-order valence-electron chi connectivity index (χ3n) is 8.44. The summed E-state index contributed by atoms with van der Waals surface area (Å²) in [5, 5.41) is 0.965. The van der Waals surface area contributed by atoms with Crippen molar-refractivity contribution in [1.82, 2.24) is 19.4 Å². The molecule has 0 unspecified atom stereocenters. The Hall–Kier alpha value is -4.70. The van der Waals surface area contributed by atoms with Gasteiger partial charge in [-0.05, 0) is 48.7 Å². The van der Waals surface area contributed by atoms with Crippen molar-refractivity contribution in [3.05, 3.63) is 81.9 Å². The van der Waals surface area contributed by atoms with Crippen LogP contribution in [0.5, 0.6) is 5.75 Å². The van der Waals surface area contributed by atoms with Gasteiger partial charge in [0, 0.05) is 37.3 Å². The Kier molecular flexibility index (Phi) is 7.41. The van der Waals surface area contributed by atoms with Gasteiger partial charge in [-0.3, -0.25) is 23.9 Å². The van der Waals surface area contributed by atoms with Crippen molar-refractivity contribution >= 4 is 45.8 Å². The molecule has 1 fully saturated rings. The SMILES string of the molecule is C=CC(=O)N1CCN2c3c(c(=O)n(-c4c(C)ccnc4C(C)C)c4nc(-c5ccccc5OC)c(Cl)cc34)N(C)C(=O)[C@H]2C1. The molecule has 226 valence electrons. The molecule has 4 aromatic rings. The summed E-state index contributed by atoms with van der Waals surface area (Å²) in [7, 11) is 3.18. The minimum atomic E-state index is -0.692. The predicted octanol–water partition coefficient (Wildman–Crippen LogP) is 4.72. The minimum Gasteiger partial charge on any atom is -0.496 e. The highest BCUT2D eigenvalue weighted by Gasteiger charge is 2.44. The Balaban J connectivity index is 1.74. The summed E-state index contributed by atoms with van der Waals surface area (Å²) >= 11 is 7.00. The van der Waals surface area contributed by atoms with Crippen molar-refractivity contribution in [3.63, 3.8) is 0 Å². The Morgan fingerprint density at radius 3 is 2.59 bits per heavy atom. The van der Waals surface area contributed by atoms with E-state index in [2.05, 4.69) is 11.6 Å². The number of anilines is 2. The summed E-state index contributed by atoms with van der Waals surface area (Å²) in [5.41, 5.74) is 4.07. The summed E-state index contributed by atoms with van der Waals surface area (Å²) in [6, 6.07) is 10.4. The van der Waals surface area contributed by atoms with Crippen LogP contribution in [0.15, 0.2) is 60.0 Å². The molecule has 2 aliphatic rings. The number of methoxy groups -OCH3 is 1. The zero-order valence-corrected chi connectivity index (χ0v) is 26.1. The average Bonchev–Trinajstić information content (AvgIpc) is 3.02. The molecule has 1 aromatic carbocycles. The van der Waals surface area contributed by atoms with E-state index in [1.807, 2.05) is 62.1 Å². The van der Waals surface area contributed by atoms with Gasteiger partial charge in [-0.1, -0.05) is 44.2 Å². The molecule has 0 aliphatic carbocycles. The van der Waals surface area contributed by atoms with E-state index in [-0.39, 0.29) is 30.0 Å². The molecule has 1 saturated heterocycles. The number of fused-ring (bicyclic) bond motifs is 5. The van der Waals surface area contributed by atoms with Gasteiger partial charge in [0.05, 0.1) is 41.4 Å². The second-order valence-electron chi connectivity index (χ2n) is 11.3. The number of pyridine rings is 3. The lowest BCUT2D eigenvalue weighted by Crippen LogP contribution is -2.63. The van der Waals surface area contributed by atoms with Crippen molar-refractivity contribution in [2.24, 2.45) is 0 Å². The predicted molar refractivity (Wildman–Crippen MR) is 172 cm³/mol. The summed E-state index contributed by atoms with van der Waals surface area (Å²) in [6.07, 6.45) is 2.98. The molecule has 2 amide bonds. The monoisotopic (exact) mass is 612 g/mol. The van der Waals surface area contributed by atoms with Crippen LogP contribution in [0.1, 0.15) is 31.0 Å². The highest BCUT2D eigenvalue weighted by atomic mass is 35.5. The van der Waals surface area contributed by atoms with Crippen LogP contribution < -0.4 is 20.1 Å². The van der Waals surface area contributed by atoms with Crippen molar-refractivity contribution < 1.29 is 14.3 Å². The van der Waals surface area contributed by atoms with Crippen LogP contribution in [0.25, 0.3) is 28.0 Å². The number of amides is 2. The second kappa shape index (κ2) is 11.1. The molecule has 0 radical (unpaired) electrons. The number of hydrogen-bond donors (Lipinski definition) is 0. The first kappa shape index (κ1) is 29.4. The number of carbonyl (C=O) groups is 2. The number of para-hydroxylation sites is 1. The van der Waals surface area contributed by atoms with Crippen molar-refractivity contribution in [1.29, 1.82) is 0 Å². The molecule has 0 spiro atoms. The Morgan fingerprint density at radius 1 is 1.14 bits per heavy atom. The summed E-state index contributed by atoms with van der Waals surface area (Å²) in [4.78, 5) is 55.8. The number of rotatable bonds is 5. The molecule has 0 saturated carbocycles. The maximum absolute atomic E-state index is 14.8. The molecule has 3 aromatic heterocycles. The Labute approximate surface area is 260 Å². The Bertz CT molecular complexity index is 1920. The van der Waals surface area contributed by atoms with Crippen LogP contribution in [0.3, 0.4) is 0 Å². The number of aromatic nitrogens is 3. The van der Waals surface area contributed by atoms with Gasteiger partial charge < -0.3 is 19.4 Å². The van der Waals surface area contributed by atoms with Crippen molar-refractivity contribution in [3.8, 4) is 22.7 Å². The number of benzene rings is 1. The largest absolute Gasteiger partial charge is 0.496 e. The van der Waals surface area contributed by atoms with E-state index in [4.69, 9.17) is 21.3 Å². The highest BCUT2D eigenvalue weighted by Crippen LogP contribution is 2.44. The van der Waals surface area contributed by atoms with Gasteiger partial charge in [0.25, 0.3) is 11.5 Å². The third-order valence-corrected chi connectivity index (χ3v) is 8.73. The van der Waals surface area contributed by atoms with Gasteiger partial charge in [-0.2, -0.15) is 0 Å².